The molecule has 0 fully saturated rings. The molecule has 0 aliphatic carbocycles. The first-order valence-corrected chi connectivity index (χ1v) is 5.70. The molecule has 0 saturated carbocycles. The maximum Gasteiger partial charge on any atom is 0.441 e. The Morgan fingerprint density at radius 3 is 2.61 bits per heavy atom. The monoisotopic (exact) mass is 257 g/mol. The van der Waals surface area contributed by atoms with Crippen molar-refractivity contribution in [1.82, 2.24) is 15.0 Å². The molecule has 1 aromatic heterocycles. The highest BCUT2D eigenvalue weighted by atomic mass is 16.6. The Morgan fingerprint density at radius 1 is 1.56 bits per heavy atom. The number of carbonyl (C=O) groups excluding carboxylic acids is 1. The fourth-order valence-corrected chi connectivity index (χ4v) is 1.33. The largest absolute Gasteiger partial charge is 0.444 e. The van der Waals surface area contributed by atoms with Crippen molar-refractivity contribution in [1.29, 1.82) is 0 Å². The topological polar surface area (TPSA) is 86.4 Å². The molecule has 1 atom stereocenters. The first-order valence-electron chi connectivity index (χ1n) is 5.70. The van der Waals surface area contributed by atoms with E-state index in [1.165, 1.54) is 4.57 Å². The number of hydrogen-bond acceptors (Lipinski definition) is 5. The molecule has 1 aromatic rings. The summed E-state index contributed by atoms with van der Waals surface area (Å²) in [6, 6.07) is -0.212. The van der Waals surface area contributed by atoms with Gasteiger partial charge >= 0.3 is 11.8 Å². The van der Waals surface area contributed by atoms with Gasteiger partial charge in [0.1, 0.15) is 5.60 Å². The van der Waals surface area contributed by atoms with Crippen molar-refractivity contribution < 1.29 is 14.1 Å². The maximum absolute atomic E-state index is 11.5. The van der Waals surface area contributed by atoms with Crippen molar-refractivity contribution in [2.75, 3.05) is 0 Å². The van der Waals surface area contributed by atoms with Gasteiger partial charge in [-0.25, -0.2) is 9.59 Å². The lowest BCUT2D eigenvalue weighted by Crippen LogP contribution is -2.39. The summed E-state index contributed by atoms with van der Waals surface area (Å²) in [6.07, 6.45) is -0.106. The van der Waals surface area contributed by atoms with E-state index >= 15 is 0 Å². The highest BCUT2D eigenvalue weighted by molar-refractivity contribution is 5.68. The van der Waals surface area contributed by atoms with Crippen LogP contribution in [0.2, 0.25) is 0 Å². The van der Waals surface area contributed by atoms with Crippen molar-refractivity contribution in [2.24, 2.45) is 7.05 Å². The number of rotatable bonds is 3. The molecule has 7 heteroatoms. The van der Waals surface area contributed by atoms with Gasteiger partial charge in [0.2, 0.25) is 0 Å². The number of ether oxygens (including phenoxy) is 1. The van der Waals surface area contributed by atoms with Crippen molar-refractivity contribution in [3.63, 3.8) is 0 Å². The molecule has 0 aliphatic heterocycles. The lowest BCUT2D eigenvalue weighted by Gasteiger charge is -2.21. The Kier molecular flexibility index (Phi) is 4.15. The Morgan fingerprint density at radius 2 is 2.17 bits per heavy atom. The summed E-state index contributed by atoms with van der Waals surface area (Å²) in [7, 11) is 1.56. The van der Waals surface area contributed by atoms with Gasteiger partial charge in [-0.15, -0.1) is 0 Å². The second-order valence-electron chi connectivity index (χ2n) is 5.18. The number of alkyl carbamates (subject to hydrolysis) is 1. The molecule has 1 amide bonds. The van der Waals surface area contributed by atoms with Crippen LogP contribution in [-0.4, -0.2) is 27.5 Å². The summed E-state index contributed by atoms with van der Waals surface area (Å²) >= 11 is 0. The van der Waals surface area contributed by atoms with Gasteiger partial charge in [-0.2, -0.15) is 0 Å². The Balaban J connectivity index is 2.52. The summed E-state index contributed by atoms with van der Waals surface area (Å²) < 4.78 is 10.9. The van der Waals surface area contributed by atoms with Crippen LogP contribution in [0, 0.1) is 0 Å². The van der Waals surface area contributed by atoms with E-state index in [-0.39, 0.29) is 6.04 Å². The van der Waals surface area contributed by atoms with Gasteiger partial charge in [0, 0.05) is 19.5 Å². The summed E-state index contributed by atoms with van der Waals surface area (Å²) in [5.41, 5.74) is -0.537. The van der Waals surface area contributed by atoms with Crippen LogP contribution < -0.4 is 11.1 Å². The fraction of sp³-hybridized carbons (Fsp3) is 0.727. The Bertz CT molecular complexity index is 469. The second-order valence-corrected chi connectivity index (χ2v) is 5.18. The van der Waals surface area contributed by atoms with Crippen molar-refractivity contribution in [3.8, 4) is 0 Å². The van der Waals surface area contributed by atoms with Crippen molar-refractivity contribution in [3.05, 3.63) is 16.4 Å². The predicted molar refractivity (Wildman–Crippen MR) is 64.3 cm³/mol. The van der Waals surface area contributed by atoms with E-state index in [4.69, 9.17) is 4.74 Å². The van der Waals surface area contributed by atoms with E-state index in [1.807, 2.05) is 0 Å². The van der Waals surface area contributed by atoms with E-state index in [9.17, 15) is 9.59 Å². The number of nitrogens with one attached hydrogen (secondary N) is 1. The molecule has 7 nitrogen and oxygen atoms in total. The molecule has 0 saturated heterocycles. The minimum absolute atomic E-state index is 0.212. The highest BCUT2D eigenvalue weighted by Gasteiger charge is 2.19. The normalized spacial score (nSPS) is 13.2. The number of nitrogens with zero attached hydrogens (tertiary/aromatic N) is 2. The van der Waals surface area contributed by atoms with E-state index < -0.39 is 17.5 Å². The highest BCUT2D eigenvalue weighted by Crippen LogP contribution is 2.07. The van der Waals surface area contributed by atoms with Crippen LogP contribution in [0.1, 0.15) is 33.5 Å². The molecule has 1 unspecified atom stereocenters. The van der Waals surface area contributed by atoms with Crippen LogP contribution in [0.25, 0.3) is 0 Å². The molecular weight excluding hydrogens is 238 g/mol. The Hall–Kier alpha value is -1.79. The van der Waals surface area contributed by atoms with Gasteiger partial charge in [-0.3, -0.25) is 9.09 Å². The zero-order chi connectivity index (χ0) is 13.9. The van der Waals surface area contributed by atoms with Crippen LogP contribution in [-0.2, 0) is 18.2 Å². The minimum atomic E-state index is -0.537. The summed E-state index contributed by atoms with van der Waals surface area (Å²) in [4.78, 5) is 22.6. The molecule has 1 heterocycles. The van der Waals surface area contributed by atoms with E-state index in [1.54, 1.807) is 34.7 Å². The van der Waals surface area contributed by atoms with Crippen molar-refractivity contribution >= 4 is 6.09 Å². The standard InChI is InChI=1S/C11H19N3O4/c1-7(12-9(15)17-11(2,3)4)6-8-13-18-10(16)14(8)5/h7H,6H2,1-5H3,(H,12,15). The van der Waals surface area contributed by atoms with Gasteiger partial charge < -0.3 is 10.1 Å². The van der Waals surface area contributed by atoms with Crippen LogP contribution >= 0.6 is 0 Å². The maximum atomic E-state index is 11.5. The van der Waals surface area contributed by atoms with Crippen LogP contribution in [0.5, 0.6) is 0 Å². The minimum Gasteiger partial charge on any atom is -0.444 e. The SMILES string of the molecule is CC(Cc1noc(=O)n1C)NC(=O)OC(C)(C)C. The number of amides is 1. The van der Waals surface area contributed by atoms with Crippen LogP contribution in [0.15, 0.2) is 9.32 Å². The molecule has 0 spiro atoms. The summed E-state index contributed by atoms with van der Waals surface area (Å²) in [6.45, 7) is 7.17. The Labute approximate surface area is 105 Å². The third-order valence-corrected chi connectivity index (χ3v) is 2.14. The molecule has 1 rings (SSSR count). The molecule has 1 N–H and O–H groups in total. The molecule has 0 radical (unpaired) electrons. The molecule has 0 bridgehead atoms. The predicted octanol–water partition coefficient (Wildman–Crippen LogP) is 0.829. The van der Waals surface area contributed by atoms with Gasteiger partial charge in [0.05, 0.1) is 0 Å². The van der Waals surface area contributed by atoms with Gasteiger partial charge in [-0.05, 0) is 27.7 Å². The van der Waals surface area contributed by atoms with Crippen LogP contribution in [0.4, 0.5) is 4.79 Å². The van der Waals surface area contributed by atoms with E-state index in [2.05, 4.69) is 15.0 Å². The lowest BCUT2D eigenvalue weighted by molar-refractivity contribution is 0.0508. The number of aromatic nitrogens is 2. The number of hydrogen-bond donors (Lipinski definition) is 1. The average Bonchev–Trinajstić information content (AvgIpc) is 2.46. The summed E-state index contributed by atoms with van der Waals surface area (Å²) in [5, 5.41) is 6.28. The molecule has 0 aromatic carbocycles. The second kappa shape index (κ2) is 5.24. The quantitative estimate of drug-likeness (QED) is 0.866. The molecular formula is C11H19N3O4. The van der Waals surface area contributed by atoms with Crippen LogP contribution in [0.3, 0.4) is 0 Å². The molecule has 102 valence electrons. The van der Waals surface area contributed by atoms with Crippen molar-refractivity contribution in [2.45, 2.75) is 45.8 Å². The first-order chi connectivity index (χ1) is 8.19. The number of carbonyl (C=O) groups is 1. The van der Waals surface area contributed by atoms with Gasteiger partial charge in [0.15, 0.2) is 5.82 Å². The first kappa shape index (κ1) is 14.3. The van der Waals surface area contributed by atoms with Gasteiger partial charge in [0.25, 0.3) is 0 Å². The van der Waals surface area contributed by atoms with E-state index in [0.29, 0.717) is 12.2 Å². The van der Waals surface area contributed by atoms with E-state index in [0.717, 1.165) is 0 Å². The fourth-order valence-electron chi connectivity index (χ4n) is 1.33. The third-order valence-electron chi connectivity index (χ3n) is 2.14. The molecule has 18 heavy (non-hydrogen) atoms. The average molecular weight is 257 g/mol. The third kappa shape index (κ3) is 4.23. The lowest BCUT2D eigenvalue weighted by atomic mass is 10.2. The zero-order valence-corrected chi connectivity index (χ0v) is 11.3. The zero-order valence-electron chi connectivity index (χ0n) is 11.3. The smallest absolute Gasteiger partial charge is 0.441 e. The summed E-state index contributed by atoms with van der Waals surface area (Å²) in [5.74, 6) is -0.0435. The molecule has 0 aliphatic rings. The van der Waals surface area contributed by atoms with Gasteiger partial charge in [-0.1, -0.05) is 5.16 Å².